The van der Waals surface area contributed by atoms with Gasteiger partial charge in [-0.3, -0.25) is 4.79 Å². The van der Waals surface area contributed by atoms with Crippen LogP contribution in [0, 0.1) is 0 Å². The maximum absolute atomic E-state index is 12.4. The van der Waals surface area contributed by atoms with E-state index in [2.05, 4.69) is 36.2 Å². The molecule has 27 heavy (non-hydrogen) atoms. The number of nitrogens with zero attached hydrogens (tertiary/aromatic N) is 1. The normalized spacial score (nSPS) is 10.4. The van der Waals surface area contributed by atoms with Crippen molar-refractivity contribution in [2.24, 2.45) is 0 Å². The number of amides is 1. The van der Waals surface area contributed by atoms with Crippen LogP contribution in [0.25, 0.3) is 0 Å². The SMILES string of the molecule is CCCN(CCC)c1ccc(NC(=O)Cc2ccc(OC)c(OC)c2)cc1. The van der Waals surface area contributed by atoms with E-state index in [0.717, 1.165) is 37.2 Å². The summed E-state index contributed by atoms with van der Waals surface area (Å²) in [6, 6.07) is 13.6. The smallest absolute Gasteiger partial charge is 0.228 e. The van der Waals surface area contributed by atoms with Crippen LogP contribution in [0.2, 0.25) is 0 Å². The van der Waals surface area contributed by atoms with Gasteiger partial charge in [-0.25, -0.2) is 0 Å². The molecule has 2 rings (SSSR count). The van der Waals surface area contributed by atoms with Crippen molar-refractivity contribution in [3.63, 3.8) is 0 Å². The zero-order chi connectivity index (χ0) is 19.6. The largest absolute Gasteiger partial charge is 0.493 e. The Labute approximate surface area is 162 Å². The summed E-state index contributed by atoms with van der Waals surface area (Å²) in [5, 5.41) is 2.96. The van der Waals surface area contributed by atoms with Gasteiger partial charge in [0.2, 0.25) is 5.91 Å². The summed E-state index contributed by atoms with van der Waals surface area (Å²) in [6.07, 6.45) is 2.51. The average Bonchev–Trinajstić information content (AvgIpc) is 2.68. The lowest BCUT2D eigenvalue weighted by atomic mass is 10.1. The first kappa shape index (κ1) is 20.6. The molecular weight excluding hydrogens is 340 g/mol. The Morgan fingerprint density at radius 3 is 2.11 bits per heavy atom. The summed E-state index contributed by atoms with van der Waals surface area (Å²) >= 11 is 0. The number of carbonyl (C=O) groups is 1. The molecule has 1 amide bonds. The molecule has 0 bridgehead atoms. The molecule has 0 spiro atoms. The number of rotatable bonds is 10. The van der Waals surface area contributed by atoms with Crippen LogP contribution in [0.5, 0.6) is 11.5 Å². The molecular formula is C22H30N2O3. The predicted octanol–water partition coefficient (Wildman–Crippen LogP) is 4.51. The lowest BCUT2D eigenvalue weighted by Gasteiger charge is -2.24. The van der Waals surface area contributed by atoms with Crippen LogP contribution in [-0.4, -0.2) is 33.2 Å². The lowest BCUT2D eigenvalue weighted by Crippen LogP contribution is -2.24. The Morgan fingerprint density at radius 1 is 0.926 bits per heavy atom. The summed E-state index contributed by atoms with van der Waals surface area (Å²) in [6.45, 7) is 6.45. The van der Waals surface area contributed by atoms with Gasteiger partial charge in [0.05, 0.1) is 20.6 Å². The van der Waals surface area contributed by atoms with E-state index in [1.54, 1.807) is 14.2 Å². The first-order valence-electron chi connectivity index (χ1n) is 9.47. The van der Waals surface area contributed by atoms with Gasteiger partial charge in [0.1, 0.15) is 0 Å². The van der Waals surface area contributed by atoms with Gasteiger partial charge in [-0.05, 0) is 54.8 Å². The molecule has 0 saturated carbocycles. The number of hydrogen-bond donors (Lipinski definition) is 1. The van der Waals surface area contributed by atoms with Crippen molar-refractivity contribution in [1.82, 2.24) is 0 Å². The van der Waals surface area contributed by atoms with Crippen LogP contribution in [0.1, 0.15) is 32.3 Å². The topological polar surface area (TPSA) is 50.8 Å². The van der Waals surface area contributed by atoms with E-state index >= 15 is 0 Å². The van der Waals surface area contributed by atoms with E-state index < -0.39 is 0 Å². The highest BCUT2D eigenvalue weighted by Crippen LogP contribution is 2.28. The van der Waals surface area contributed by atoms with Crippen molar-refractivity contribution < 1.29 is 14.3 Å². The van der Waals surface area contributed by atoms with Crippen LogP contribution in [0.3, 0.4) is 0 Å². The molecule has 0 aliphatic carbocycles. The Balaban J connectivity index is 1.99. The summed E-state index contributed by atoms with van der Waals surface area (Å²) in [4.78, 5) is 14.7. The van der Waals surface area contributed by atoms with Crippen molar-refractivity contribution in [1.29, 1.82) is 0 Å². The van der Waals surface area contributed by atoms with Crippen molar-refractivity contribution >= 4 is 17.3 Å². The van der Waals surface area contributed by atoms with Crippen LogP contribution >= 0.6 is 0 Å². The maximum atomic E-state index is 12.4. The molecule has 0 atom stereocenters. The molecule has 0 aliphatic heterocycles. The van der Waals surface area contributed by atoms with Crippen molar-refractivity contribution in [3.05, 3.63) is 48.0 Å². The van der Waals surface area contributed by atoms with Gasteiger partial charge in [-0.2, -0.15) is 0 Å². The van der Waals surface area contributed by atoms with Crippen LogP contribution in [0.4, 0.5) is 11.4 Å². The number of ether oxygens (including phenoxy) is 2. The third-order valence-electron chi connectivity index (χ3n) is 4.32. The molecule has 0 fully saturated rings. The quantitative estimate of drug-likeness (QED) is 0.668. The zero-order valence-corrected chi connectivity index (χ0v) is 16.7. The third-order valence-corrected chi connectivity index (χ3v) is 4.32. The lowest BCUT2D eigenvalue weighted by molar-refractivity contribution is -0.115. The van der Waals surface area contributed by atoms with E-state index in [1.165, 1.54) is 5.69 Å². The Hall–Kier alpha value is -2.69. The highest BCUT2D eigenvalue weighted by Gasteiger charge is 2.09. The molecule has 2 aromatic rings. The Kier molecular flexibility index (Phi) is 7.99. The fourth-order valence-corrected chi connectivity index (χ4v) is 3.05. The molecule has 2 aromatic carbocycles. The van der Waals surface area contributed by atoms with Gasteiger partial charge in [0, 0.05) is 24.5 Å². The second-order valence-electron chi connectivity index (χ2n) is 6.45. The number of methoxy groups -OCH3 is 2. The molecule has 0 unspecified atom stereocenters. The predicted molar refractivity (Wildman–Crippen MR) is 111 cm³/mol. The van der Waals surface area contributed by atoms with E-state index in [1.807, 2.05) is 30.3 Å². The minimum absolute atomic E-state index is 0.0612. The van der Waals surface area contributed by atoms with Crippen molar-refractivity contribution in [2.75, 3.05) is 37.5 Å². The van der Waals surface area contributed by atoms with Gasteiger partial charge >= 0.3 is 0 Å². The number of nitrogens with one attached hydrogen (secondary N) is 1. The molecule has 1 N–H and O–H groups in total. The number of carbonyl (C=O) groups excluding carboxylic acids is 1. The first-order chi connectivity index (χ1) is 13.1. The van der Waals surface area contributed by atoms with Gasteiger partial charge in [-0.1, -0.05) is 19.9 Å². The summed E-state index contributed by atoms with van der Waals surface area (Å²) in [7, 11) is 3.18. The fraction of sp³-hybridized carbons (Fsp3) is 0.409. The minimum atomic E-state index is -0.0612. The van der Waals surface area contributed by atoms with Gasteiger partial charge in [0.25, 0.3) is 0 Å². The van der Waals surface area contributed by atoms with E-state index in [0.29, 0.717) is 11.5 Å². The Morgan fingerprint density at radius 2 is 1.56 bits per heavy atom. The molecule has 146 valence electrons. The minimum Gasteiger partial charge on any atom is -0.493 e. The number of anilines is 2. The monoisotopic (exact) mass is 370 g/mol. The fourth-order valence-electron chi connectivity index (χ4n) is 3.05. The third kappa shape index (κ3) is 5.91. The van der Waals surface area contributed by atoms with Gasteiger partial charge in [-0.15, -0.1) is 0 Å². The van der Waals surface area contributed by atoms with Crippen molar-refractivity contribution in [3.8, 4) is 11.5 Å². The first-order valence-corrected chi connectivity index (χ1v) is 9.47. The van der Waals surface area contributed by atoms with E-state index in [4.69, 9.17) is 9.47 Å². The maximum Gasteiger partial charge on any atom is 0.228 e. The molecule has 0 saturated heterocycles. The molecule has 0 radical (unpaired) electrons. The average molecular weight is 370 g/mol. The Bertz CT molecular complexity index is 723. The molecule has 5 nitrogen and oxygen atoms in total. The summed E-state index contributed by atoms with van der Waals surface area (Å²) in [5.41, 5.74) is 2.87. The molecule has 5 heteroatoms. The van der Waals surface area contributed by atoms with Crippen LogP contribution in [-0.2, 0) is 11.2 Å². The summed E-state index contributed by atoms with van der Waals surface area (Å²) in [5.74, 6) is 1.22. The van der Waals surface area contributed by atoms with Crippen LogP contribution < -0.4 is 19.7 Å². The van der Waals surface area contributed by atoms with E-state index in [9.17, 15) is 4.79 Å². The van der Waals surface area contributed by atoms with Gasteiger partial charge < -0.3 is 19.7 Å². The van der Waals surface area contributed by atoms with E-state index in [-0.39, 0.29) is 12.3 Å². The van der Waals surface area contributed by atoms with Gasteiger partial charge in [0.15, 0.2) is 11.5 Å². The van der Waals surface area contributed by atoms with Crippen LogP contribution in [0.15, 0.2) is 42.5 Å². The highest BCUT2D eigenvalue weighted by molar-refractivity contribution is 5.92. The summed E-state index contributed by atoms with van der Waals surface area (Å²) < 4.78 is 10.5. The molecule has 0 aliphatic rings. The second-order valence-corrected chi connectivity index (χ2v) is 6.45. The zero-order valence-electron chi connectivity index (χ0n) is 16.7. The number of benzene rings is 2. The standard InChI is InChI=1S/C22H30N2O3/c1-5-13-24(14-6-2)19-10-8-18(9-11-19)23-22(25)16-17-7-12-20(26-3)21(15-17)27-4/h7-12,15H,5-6,13-14,16H2,1-4H3,(H,23,25). The number of hydrogen-bond acceptors (Lipinski definition) is 4. The highest BCUT2D eigenvalue weighted by atomic mass is 16.5. The second kappa shape index (κ2) is 10.5. The molecule has 0 aromatic heterocycles. The van der Waals surface area contributed by atoms with Crippen molar-refractivity contribution in [2.45, 2.75) is 33.1 Å². The molecule has 0 heterocycles.